The van der Waals surface area contributed by atoms with E-state index in [-0.39, 0.29) is 5.41 Å². The molecule has 1 aliphatic rings. The summed E-state index contributed by atoms with van der Waals surface area (Å²) in [6.45, 7) is 11.1. The number of aromatic nitrogens is 2. The van der Waals surface area contributed by atoms with Gasteiger partial charge in [-0.15, -0.1) is 0 Å². The molecule has 4 heteroatoms. The van der Waals surface area contributed by atoms with Crippen molar-refractivity contribution in [2.24, 2.45) is 0 Å². The summed E-state index contributed by atoms with van der Waals surface area (Å²) in [5.74, 6) is 0. The summed E-state index contributed by atoms with van der Waals surface area (Å²) in [4.78, 5) is 11.6. The molecule has 3 rings (SSSR count). The van der Waals surface area contributed by atoms with E-state index in [2.05, 4.69) is 42.8 Å². The molecule has 4 nitrogen and oxygen atoms in total. The smallest absolute Gasteiger partial charge is 0.0922 e. The molecule has 1 saturated heterocycles. The van der Waals surface area contributed by atoms with Crippen LogP contribution in [0.5, 0.6) is 0 Å². The molecule has 0 aromatic carbocycles. The summed E-state index contributed by atoms with van der Waals surface area (Å²) in [7, 11) is 0. The fourth-order valence-electron chi connectivity index (χ4n) is 2.76. The quantitative estimate of drug-likeness (QED) is 0.850. The van der Waals surface area contributed by atoms with Gasteiger partial charge in [0.1, 0.15) is 0 Å². The van der Waals surface area contributed by atoms with Gasteiger partial charge in [0.05, 0.1) is 24.4 Å². The van der Waals surface area contributed by atoms with E-state index in [1.165, 1.54) is 10.9 Å². The molecule has 2 aromatic heterocycles. The first-order valence-electron chi connectivity index (χ1n) is 7.58. The highest BCUT2D eigenvalue weighted by atomic mass is 16.5. The Morgan fingerprint density at radius 1 is 1.19 bits per heavy atom. The normalized spacial score (nSPS) is 17.3. The van der Waals surface area contributed by atoms with Crippen LogP contribution in [0.4, 0.5) is 0 Å². The lowest BCUT2D eigenvalue weighted by molar-refractivity contribution is 0.0341. The number of hydrogen-bond donors (Lipinski definition) is 0. The topological polar surface area (TPSA) is 38.2 Å². The van der Waals surface area contributed by atoms with E-state index < -0.39 is 0 Å². The molecule has 0 saturated carbocycles. The average Bonchev–Trinajstić information content (AvgIpc) is 2.46. The predicted molar refractivity (Wildman–Crippen MR) is 84.3 cm³/mol. The molecule has 0 bridgehead atoms. The number of ether oxygens (including phenoxy) is 1. The minimum absolute atomic E-state index is 0.0121. The Morgan fingerprint density at radius 3 is 2.67 bits per heavy atom. The second-order valence-electron chi connectivity index (χ2n) is 6.71. The molecule has 21 heavy (non-hydrogen) atoms. The Balaban J connectivity index is 1.90. The lowest BCUT2D eigenvalue weighted by atomic mass is 9.90. The Morgan fingerprint density at radius 2 is 1.95 bits per heavy atom. The molecule has 0 N–H and O–H groups in total. The van der Waals surface area contributed by atoms with E-state index in [1.54, 1.807) is 0 Å². The summed E-state index contributed by atoms with van der Waals surface area (Å²) in [5.41, 5.74) is 3.36. The molecule has 0 spiro atoms. The van der Waals surface area contributed by atoms with Crippen LogP contribution in [0.25, 0.3) is 10.9 Å². The van der Waals surface area contributed by atoms with Gasteiger partial charge >= 0.3 is 0 Å². The zero-order chi connectivity index (χ0) is 14.9. The number of hydrogen-bond acceptors (Lipinski definition) is 4. The SMILES string of the molecule is CC(C)(C)c1nccc2cc(CN3CCOCC3)cnc12. The van der Waals surface area contributed by atoms with Gasteiger partial charge < -0.3 is 4.74 Å². The third kappa shape index (κ3) is 3.22. The fourth-order valence-corrected chi connectivity index (χ4v) is 2.76. The molecule has 2 aromatic rings. The zero-order valence-electron chi connectivity index (χ0n) is 13.1. The van der Waals surface area contributed by atoms with Gasteiger partial charge in [-0.3, -0.25) is 14.9 Å². The van der Waals surface area contributed by atoms with Gasteiger partial charge in [-0.25, -0.2) is 0 Å². The number of pyridine rings is 2. The summed E-state index contributed by atoms with van der Waals surface area (Å²) in [6.07, 6.45) is 3.89. The van der Waals surface area contributed by atoms with Crippen LogP contribution >= 0.6 is 0 Å². The molecule has 0 amide bonds. The Bertz CT molecular complexity index is 627. The van der Waals surface area contributed by atoms with Crippen molar-refractivity contribution in [2.75, 3.05) is 26.3 Å². The van der Waals surface area contributed by atoms with Crippen LogP contribution in [0.15, 0.2) is 24.5 Å². The zero-order valence-corrected chi connectivity index (χ0v) is 13.1. The van der Waals surface area contributed by atoms with E-state index in [9.17, 15) is 0 Å². The van der Waals surface area contributed by atoms with Crippen LogP contribution in [0.2, 0.25) is 0 Å². The van der Waals surface area contributed by atoms with Gasteiger partial charge in [0.2, 0.25) is 0 Å². The molecular weight excluding hydrogens is 262 g/mol. The average molecular weight is 285 g/mol. The molecule has 1 aliphatic heterocycles. The maximum Gasteiger partial charge on any atom is 0.0922 e. The van der Waals surface area contributed by atoms with Gasteiger partial charge in [-0.1, -0.05) is 20.8 Å². The Labute approximate surface area is 126 Å². The molecule has 3 heterocycles. The molecule has 112 valence electrons. The number of morpholine rings is 1. The van der Waals surface area contributed by atoms with Crippen molar-refractivity contribution in [3.8, 4) is 0 Å². The Hall–Kier alpha value is -1.52. The molecule has 0 atom stereocenters. The predicted octanol–water partition coefficient (Wildman–Crippen LogP) is 2.76. The van der Waals surface area contributed by atoms with E-state index in [1.807, 2.05) is 12.4 Å². The summed E-state index contributed by atoms with van der Waals surface area (Å²) >= 11 is 0. The van der Waals surface area contributed by atoms with Crippen molar-refractivity contribution >= 4 is 10.9 Å². The minimum atomic E-state index is 0.0121. The lowest BCUT2D eigenvalue weighted by Gasteiger charge is -2.26. The van der Waals surface area contributed by atoms with Crippen LogP contribution < -0.4 is 0 Å². The number of nitrogens with zero attached hydrogens (tertiary/aromatic N) is 3. The van der Waals surface area contributed by atoms with Crippen molar-refractivity contribution < 1.29 is 4.74 Å². The van der Waals surface area contributed by atoms with Gasteiger partial charge in [0.25, 0.3) is 0 Å². The first-order valence-corrected chi connectivity index (χ1v) is 7.58. The van der Waals surface area contributed by atoms with E-state index in [0.29, 0.717) is 0 Å². The monoisotopic (exact) mass is 285 g/mol. The molecule has 1 fully saturated rings. The van der Waals surface area contributed by atoms with Crippen molar-refractivity contribution in [2.45, 2.75) is 32.7 Å². The minimum Gasteiger partial charge on any atom is -0.379 e. The molecule has 0 unspecified atom stereocenters. The molecule has 0 radical (unpaired) electrons. The number of rotatable bonds is 2. The standard InChI is InChI=1S/C17H23N3O/c1-17(2,3)16-15-14(4-5-18-16)10-13(11-19-15)12-20-6-8-21-9-7-20/h4-5,10-11H,6-9,12H2,1-3H3. The number of fused-ring (bicyclic) bond motifs is 1. The van der Waals surface area contributed by atoms with Crippen molar-refractivity contribution in [3.05, 3.63) is 35.8 Å². The summed E-state index contributed by atoms with van der Waals surface area (Å²) < 4.78 is 5.40. The van der Waals surface area contributed by atoms with Gasteiger partial charge in [-0.05, 0) is 17.7 Å². The maximum absolute atomic E-state index is 5.40. The van der Waals surface area contributed by atoms with Gasteiger partial charge in [0, 0.05) is 42.8 Å². The second kappa shape index (κ2) is 5.70. The third-order valence-corrected chi connectivity index (χ3v) is 3.88. The summed E-state index contributed by atoms with van der Waals surface area (Å²) in [5, 5.41) is 1.18. The molecule has 0 aliphatic carbocycles. The highest BCUT2D eigenvalue weighted by Crippen LogP contribution is 2.27. The highest BCUT2D eigenvalue weighted by molar-refractivity contribution is 5.81. The van der Waals surface area contributed by atoms with E-state index in [0.717, 1.165) is 44.1 Å². The second-order valence-corrected chi connectivity index (χ2v) is 6.71. The van der Waals surface area contributed by atoms with Crippen LogP contribution in [0.1, 0.15) is 32.0 Å². The van der Waals surface area contributed by atoms with Crippen LogP contribution in [0, 0.1) is 0 Å². The molecular formula is C17H23N3O. The first-order chi connectivity index (χ1) is 10.0. The van der Waals surface area contributed by atoms with Crippen LogP contribution in [-0.4, -0.2) is 41.2 Å². The lowest BCUT2D eigenvalue weighted by Crippen LogP contribution is -2.35. The van der Waals surface area contributed by atoms with Gasteiger partial charge in [-0.2, -0.15) is 0 Å². The van der Waals surface area contributed by atoms with Crippen molar-refractivity contribution in [1.82, 2.24) is 14.9 Å². The Kier molecular flexibility index (Phi) is 3.91. The third-order valence-electron chi connectivity index (χ3n) is 3.88. The summed E-state index contributed by atoms with van der Waals surface area (Å²) in [6, 6.07) is 4.30. The van der Waals surface area contributed by atoms with Crippen molar-refractivity contribution in [1.29, 1.82) is 0 Å². The van der Waals surface area contributed by atoms with E-state index >= 15 is 0 Å². The van der Waals surface area contributed by atoms with E-state index in [4.69, 9.17) is 9.72 Å². The van der Waals surface area contributed by atoms with Gasteiger partial charge in [0.15, 0.2) is 0 Å². The fraction of sp³-hybridized carbons (Fsp3) is 0.529. The van der Waals surface area contributed by atoms with Crippen molar-refractivity contribution in [3.63, 3.8) is 0 Å². The largest absolute Gasteiger partial charge is 0.379 e. The highest BCUT2D eigenvalue weighted by Gasteiger charge is 2.19. The van der Waals surface area contributed by atoms with Crippen LogP contribution in [-0.2, 0) is 16.7 Å². The first kappa shape index (κ1) is 14.4. The van der Waals surface area contributed by atoms with Crippen LogP contribution in [0.3, 0.4) is 0 Å². The maximum atomic E-state index is 5.40.